The quantitative estimate of drug-likeness (QED) is 0.346. The highest BCUT2D eigenvalue weighted by Crippen LogP contribution is 2.44. The summed E-state index contributed by atoms with van der Waals surface area (Å²) in [6.45, 7) is 17.9. The van der Waals surface area contributed by atoms with Gasteiger partial charge in [0.25, 0.3) is 0 Å². The molecule has 0 saturated heterocycles. The zero-order valence-corrected chi connectivity index (χ0v) is 21.9. The molecule has 0 aromatic heterocycles. The third-order valence-electron chi connectivity index (χ3n) is 7.87. The normalized spacial score (nSPS) is 19.8. The van der Waals surface area contributed by atoms with Crippen molar-refractivity contribution in [1.29, 1.82) is 0 Å². The molecule has 1 heterocycles. The molecule has 2 heteroatoms. The summed E-state index contributed by atoms with van der Waals surface area (Å²) in [4.78, 5) is 0. The number of hydrogen-bond acceptors (Lipinski definition) is 2. The van der Waals surface area contributed by atoms with Crippen molar-refractivity contribution in [3.63, 3.8) is 0 Å². The summed E-state index contributed by atoms with van der Waals surface area (Å²) in [5.41, 5.74) is 4.23. The lowest BCUT2D eigenvalue weighted by Gasteiger charge is -2.38. The predicted octanol–water partition coefficient (Wildman–Crippen LogP) is 9.48. The van der Waals surface area contributed by atoms with Crippen molar-refractivity contribution in [2.75, 3.05) is 0 Å². The molecular weight excluding hydrogens is 392 g/mol. The second-order valence-corrected chi connectivity index (χ2v) is 11.4. The minimum Gasteiger partial charge on any atom is -0.507 e. The molecule has 186 valence electrons. The Kier molecular flexibility index (Phi) is 11.6. The molecule has 1 aromatic rings. The largest absolute Gasteiger partial charge is 0.507 e. The highest BCUT2D eigenvalue weighted by atomic mass is 16.5. The molecule has 1 aliphatic rings. The van der Waals surface area contributed by atoms with Crippen molar-refractivity contribution in [2.45, 2.75) is 139 Å². The lowest BCUT2D eigenvalue weighted by atomic mass is 9.84. The monoisotopic (exact) mass is 446 g/mol. The van der Waals surface area contributed by atoms with Crippen LogP contribution >= 0.6 is 0 Å². The van der Waals surface area contributed by atoms with E-state index >= 15 is 0 Å². The van der Waals surface area contributed by atoms with Crippen molar-refractivity contribution in [3.8, 4) is 11.5 Å². The Morgan fingerprint density at radius 3 is 1.91 bits per heavy atom. The maximum absolute atomic E-state index is 10.4. The first-order valence-corrected chi connectivity index (χ1v) is 13.0. The number of rotatable bonds is 12. The van der Waals surface area contributed by atoms with Gasteiger partial charge in [0.15, 0.2) is 0 Å². The van der Waals surface area contributed by atoms with Gasteiger partial charge in [0.1, 0.15) is 17.1 Å². The summed E-state index contributed by atoms with van der Waals surface area (Å²) < 4.78 is 6.60. The van der Waals surface area contributed by atoms with Gasteiger partial charge in [0, 0.05) is 5.56 Å². The summed E-state index contributed by atoms with van der Waals surface area (Å²) in [6.07, 6.45) is 14.1. The number of fused-ring (bicyclic) bond motifs is 1. The maximum Gasteiger partial charge on any atom is 0.127 e. The Morgan fingerprint density at radius 1 is 0.812 bits per heavy atom. The third-order valence-corrected chi connectivity index (χ3v) is 7.87. The van der Waals surface area contributed by atoms with Crippen LogP contribution in [0.4, 0.5) is 0 Å². The van der Waals surface area contributed by atoms with Gasteiger partial charge in [-0.3, -0.25) is 0 Å². The van der Waals surface area contributed by atoms with Gasteiger partial charge in [-0.2, -0.15) is 0 Å². The molecule has 0 spiro atoms. The first-order valence-electron chi connectivity index (χ1n) is 13.0. The summed E-state index contributed by atoms with van der Waals surface area (Å²) in [6, 6.07) is 0. The SMILES string of the molecule is C.Cc1c(C)c2c(c(C)c1O)CC[C@@](C)(CCCC(C)CCCC(C)CCCC(C)C)O2. The van der Waals surface area contributed by atoms with Crippen LogP contribution in [0.15, 0.2) is 0 Å². The zero-order chi connectivity index (χ0) is 23.2. The number of benzene rings is 1. The van der Waals surface area contributed by atoms with Gasteiger partial charge >= 0.3 is 0 Å². The van der Waals surface area contributed by atoms with Gasteiger partial charge in [-0.05, 0) is 87.8 Å². The lowest BCUT2D eigenvalue weighted by Crippen LogP contribution is -2.37. The van der Waals surface area contributed by atoms with E-state index in [0.29, 0.717) is 5.75 Å². The second-order valence-electron chi connectivity index (χ2n) is 11.4. The molecule has 0 bridgehead atoms. The molecule has 1 N–H and O–H groups in total. The fourth-order valence-corrected chi connectivity index (χ4v) is 5.27. The molecule has 2 unspecified atom stereocenters. The second kappa shape index (κ2) is 12.9. The van der Waals surface area contributed by atoms with Gasteiger partial charge in [0.2, 0.25) is 0 Å². The van der Waals surface area contributed by atoms with Crippen LogP contribution in [0.5, 0.6) is 11.5 Å². The molecule has 1 aromatic carbocycles. The highest BCUT2D eigenvalue weighted by Gasteiger charge is 2.34. The first kappa shape index (κ1) is 28.9. The summed E-state index contributed by atoms with van der Waals surface area (Å²) in [5, 5.41) is 10.4. The average Bonchev–Trinajstić information content (AvgIpc) is 2.70. The zero-order valence-electron chi connectivity index (χ0n) is 21.9. The molecule has 2 rings (SSSR count). The molecule has 1 aliphatic heterocycles. The number of phenols is 1. The Labute approximate surface area is 200 Å². The third kappa shape index (κ3) is 7.99. The van der Waals surface area contributed by atoms with E-state index in [1.165, 1.54) is 56.9 Å². The van der Waals surface area contributed by atoms with E-state index in [0.717, 1.165) is 59.5 Å². The van der Waals surface area contributed by atoms with Crippen molar-refractivity contribution in [3.05, 3.63) is 22.3 Å². The summed E-state index contributed by atoms with van der Waals surface area (Å²) >= 11 is 0. The van der Waals surface area contributed by atoms with Gasteiger partial charge in [-0.25, -0.2) is 0 Å². The Hall–Kier alpha value is -1.18. The van der Waals surface area contributed by atoms with Crippen molar-refractivity contribution in [1.82, 2.24) is 0 Å². The van der Waals surface area contributed by atoms with Gasteiger partial charge < -0.3 is 9.84 Å². The van der Waals surface area contributed by atoms with Crippen molar-refractivity contribution >= 4 is 0 Å². The standard InChI is InChI=1S/C29H50O2.CH4/c1-20(2)12-9-13-21(3)14-10-15-22(4)16-11-18-29(8)19-17-26-25(7)27(30)23(5)24(6)28(26)31-29;/h20-22,30H,9-19H2,1-8H3;1H4/t21?,22?,29-;/m1./s1. The van der Waals surface area contributed by atoms with Crippen LogP contribution in [0.1, 0.15) is 129 Å². The predicted molar refractivity (Wildman–Crippen MR) is 141 cm³/mol. The lowest BCUT2D eigenvalue weighted by molar-refractivity contribution is 0.0512. The minimum atomic E-state index is -0.0712. The minimum absolute atomic E-state index is 0. The Morgan fingerprint density at radius 2 is 1.34 bits per heavy atom. The Bertz CT molecular complexity index is 706. The summed E-state index contributed by atoms with van der Waals surface area (Å²) in [7, 11) is 0. The van der Waals surface area contributed by atoms with Crippen molar-refractivity contribution < 1.29 is 9.84 Å². The molecule has 0 fully saturated rings. The van der Waals surface area contributed by atoms with E-state index in [1.54, 1.807) is 0 Å². The van der Waals surface area contributed by atoms with E-state index in [1.807, 2.05) is 13.8 Å². The van der Waals surface area contributed by atoms with Crippen LogP contribution in [0.3, 0.4) is 0 Å². The van der Waals surface area contributed by atoms with Crippen molar-refractivity contribution in [2.24, 2.45) is 17.8 Å². The van der Waals surface area contributed by atoms with E-state index in [4.69, 9.17) is 4.74 Å². The van der Waals surface area contributed by atoms with E-state index in [2.05, 4.69) is 41.5 Å². The number of phenolic OH excluding ortho intramolecular Hbond substituents is 1. The number of aromatic hydroxyl groups is 1. The van der Waals surface area contributed by atoms with Crippen LogP contribution in [-0.4, -0.2) is 10.7 Å². The van der Waals surface area contributed by atoms with E-state index in [-0.39, 0.29) is 13.0 Å². The van der Waals surface area contributed by atoms with Crippen LogP contribution in [0.25, 0.3) is 0 Å². The smallest absolute Gasteiger partial charge is 0.127 e. The molecule has 0 amide bonds. The molecular formula is C30H54O2. The molecule has 0 radical (unpaired) electrons. The highest BCUT2D eigenvalue weighted by molar-refractivity contribution is 5.58. The molecule has 0 saturated carbocycles. The fraction of sp³-hybridized carbons (Fsp3) is 0.800. The van der Waals surface area contributed by atoms with Gasteiger partial charge in [0.05, 0.1) is 0 Å². The topological polar surface area (TPSA) is 29.5 Å². The van der Waals surface area contributed by atoms with Crippen LogP contribution in [0, 0.1) is 38.5 Å². The average molecular weight is 447 g/mol. The molecule has 2 nitrogen and oxygen atoms in total. The van der Waals surface area contributed by atoms with E-state index < -0.39 is 0 Å². The van der Waals surface area contributed by atoms with Gasteiger partial charge in [-0.1, -0.05) is 80.1 Å². The molecule has 3 atom stereocenters. The molecule has 0 aliphatic carbocycles. The van der Waals surface area contributed by atoms with Crippen LogP contribution in [0.2, 0.25) is 0 Å². The number of ether oxygens (including phenoxy) is 1. The first-order chi connectivity index (χ1) is 14.5. The molecule has 32 heavy (non-hydrogen) atoms. The van der Waals surface area contributed by atoms with Gasteiger partial charge in [-0.15, -0.1) is 0 Å². The Balaban J connectivity index is 0.00000512. The van der Waals surface area contributed by atoms with E-state index in [9.17, 15) is 5.11 Å². The maximum atomic E-state index is 10.4. The number of hydrogen-bond donors (Lipinski definition) is 1. The summed E-state index contributed by atoms with van der Waals surface area (Å²) in [5.74, 6) is 4.04. The fourth-order valence-electron chi connectivity index (χ4n) is 5.27. The van der Waals surface area contributed by atoms with Crippen LogP contribution in [-0.2, 0) is 6.42 Å². The van der Waals surface area contributed by atoms with Crippen LogP contribution < -0.4 is 4.74 Å².